The summed E-state index contributed by atoms with van der Waals surface area (Å²) in [6.45, 7) is 9.34. The lowest BCUT2D eigenvalue weighted by molar-refractivity contribution is 0.235. The van der Waals surface area contributed by atoms with Gasteiger partial charge in [0.1, 0.15) is 5.75 Å². The third-order valence-corrected chi connectivity index (χ3v) is 5.61. The molecule has 0 saturated carbocycles. The molecule has 3 aromatic rings. The van der Waals surface area contributed by atoms with E-state index < -0.39 is 0 Å². The quantitative estimate of drug-likeness (QED) is 0.603. The molecule has 0 radical (unpaired) electrons. The van der Waals surface area contributed by atoms with Crippen LogP contribution >= 0.6 is 0 Å². The molecule has 0 unspecified atom stereocenters. The Bertz CT molecular complexity index is 987. The molecular weight excluding hydrogens is 390 g/mol. The van der Waals surface area contributed by atoms with Gasteiger partial charge in [0.15, 0.2) is 11.8 Å². The van der Waals surface area contributed by atoms with Crippen molar-refractivity contribution < 1.29 is 14.9 Å². The molecule has 6 heteroatoms. The van der Waals surface area contributed by atoms with E-state index in [4.69, 9.17) is 4.74 Å². The van der Waals surface area contributed by atoms with Crippen LogP contribution in [0.4, 0.5) is 5.69 Å². The van der Waals surface area contributed by atoms with E-state index in [1.54, 1.807) is 0 Å². The van der Waals surface area contributed by atoms with Crippen LogP contribution < -0.4 is 9.64 Å². The first-order chi connectivity index (χ1) is 15.0. The fourth-order valence-electron chi connectivity index (χ4n) is 4.09. The summed E-state index contributed by atoms with van der Waals surface area (Å²) < 4.78 is 7.50. The van der Waals surface area contributed by atoms with Crippen molar-refractivity contribution in [1.29, 1.82) is 0 Å². The monoisotopic (exact) mass is 421 g/mol. The topological polar surface area (TPSA) is 61.1 Å². The highest BCUT2D eigenvalue weighted by atomic mass is 16.5. The number of para-hydroxylation sites is 2. The van der Waals surface area contributed by atoms with Crippen molar-refractivity contribution in [2.24, 2.45) is 0 Å². The van der Waals surface area contributed by atoms with E-state index in [9.17, 15) is 10.2 Å². The van der Waals surface area contributed by atoms with Crippen LogP contribution in [0.5, 0.6) is 17.5 Å². The molecule has 1 aliphatic rings. The second-order valence-electron chi connectivity index (χ2n) is 8.35. The number of aromatic nitrogens is 1. The first kappa shape index (κ1) is 21.1. The zero-order chi connectivity index (χ0) is 21.8. The number of aromatic hydroxyl groups is 2. The molecule has 1 aliphatic heterocycles. The predicted molar refractivity (Wildman–Crippen MR) is 123 cm³/mol. The number of hydrogen-bond donors (Lipinski definition) is 2. The van der Waals surface area contributed by atoms with Crippen LogP contribution in [0.3, 0.4) is 0 Å². The van der Waals surface area contributed by atoms with Crippen molar-refractivity contribution in [3.05, 3.63) is 71.8 Å². The van der Waals surface area contributed by atoms with E-state index in [1.807, 2.05) is 24.3 Å². The Morgan fingerprint density at radius 1 is 0.806 bits per heavy atom. The van der Waals surface area contributed by atoms with Crippen LogP contribution in [0.2, 0.25) is 0 Å². The van der Waals surface area contributed by atoms with E-state index in [0.29, 0.717) is 6.54 Å². The average molecular weight is 422 g/mol. The van der Waals surface area contributed by atoms with Crippen LogP contribution in [-0.2, 0) is 13.1 Å². The molecule has 6 nitrogen and oxygen atoms in total. The van der Waals surface area contributed by atoms with Gasteiger partial charge in [0.2, 0.25) is 0 Å². The Morgan fingerprint density at radius 3 is 2.13 bits per heavy atom. The molecule has 1 aromatic heterocycles. The lowest BCUT2D eigenvalue weighted by Crippen LogP contribution is -2.46. The van der Waals surface area contributed by atoms with E-state index in [-0.39, 0.29) is 17.9 Å². The summed E-state index contributed by atoms with van der Waals surface area (Å²) in [7, 11) is 0. The normalized spacial score (nSPS) is 14.9. The van der Waals surface area contributed by atoms with Gasteiger partial charge in [-0.15, -0.1) is 0 Å². The SMILES string of the molecule is CC(C)Oc1ccccc1N1CCN(Cc2cccc(Cn3c(O)ccc3O)c2)CC1. The van der Waals surface area contributed by atoms with Gasteiger partial charge in [0.25, 0.3) is 0 Å². The maximum Gasteiger partial charge on any atom is 0.194 e. The minimum absolute atomic E-state index is 0.0701. The number of ether oxygens (including phenoxy) is 1. The standard InChI is InChI=1S/C25H31N3O3/c1-19(2)31-23-9-4-3-8-22(23)27-14-12-26(13-15-27)17-20-6-5-7-21(16-20)18-28-24(29)10-11-25(28)30/h3-11,16,19,29-30H,12-15,17-18H2,1-2H3. The lowest BCUT2D eigenvalue weighted by atomic mass is 10.1. The minimum atomic E-state index is 0.0701. The van der Waals surface area contributed by atoms with Crippen molar-refractivity contribution in [1.82, 2.24) is 9.47 Å². The van der Waals surface area contributed by atoms with Crippen LogP contribution in [-0.4, -0.2) is 52.0 Å². The Balaban J connectivity index is 1.37. The van der Waals surface area contributed by atoms with Gasteiger partial charge in [-0.1, -0.05) is 36.4 Å². The fraction of sp³-hybridized carbons (Fsp3) is 0.360. The second kappa shape index (κ2) is 9.35. The molecule has 31 heavy (non-hydrogen) atoms. The van der Waals surface area contributed by atoms with Crippen molar-refractivity contribution in [2.45, 2.75) is 33.0 Å². The van der Waals surface area contributed by atoms with Crippen molar-refractivity contribution in [3.63, 3.8) is 0 Å². The molecule has 0 amide bonds. The summed E-state index contributed by atoms with van der Waals surface area (Å²) >= 11 is 0. The number of anilines is 1. The molecule has 2 aromatic carbocycles. The Labute approximate surface area is 183 Å². The first-order valence-corrected chi connectivity index (χ1v) is 10.9. The van der Waals surface area contributed by atoms with Crippen LogP contribution in [0.15, 0.2) is 60.7 Å². The summed E-state index contributed by atoms with van der Waals surface area (Å²) in [4.78, 5) is 4.87. The molecule has 164 valence electrons. The fourth-order valence-corrected chi connectivity index (χ4v) is 4.09. The molecule has 0 aliphatic carbocycles. The summed E-state index contributed by atoms with van der Waals surface area (Å²) in [5.74, 6) is 1.09. The van der Waals surface area contributed by atoms with Crippen molar-refractivity contribution in [3.8, 4) is 17.5 Å². The zero-order valence-electron chi connectivity index (χ0n) is 18.2. The average Bonchev–Trinajstić information content (AvgIpc) is 3.07. The maximum atomic E-state index is 9.89. The van der Waals surface area contributed by atoms with Crippen LogP contribution in [0, 0.1) is 0 Å². The lowest BCUT2D eigenvalue weighted by Gasteiger charge is -2.37. The molecule has 0 bridgehead atoms. The summed E-state index contributed by atoms with van der Waals surface area (Å²) in [5.41, 5.74) is 3.46. The van der Waals surface area contributed by atoms with Crippen LogP contribution in [0.25, 0.3) is 0 Å². The first-order valence-electron chi connectivity index (χ1n) is 10.9. The molecule has 0 atom stereocenters. The highest BCUT2D eigenvalue weighted by Crippen LogP contribution is 2.30. The van der Waals surface area contributed by atoms with Gasteiger partial charge >= 0.3 is 0 Å². The number of hydrogen-bond acceptors (Lipinski definition) is 5. The predicted octanol–water partition coefficient (Wildman–Crippen LogP) is 4.06. The van der Waals surface area contributed by atoms with Crippen molar-refractivity contribution in [2.75, 3.05) is 31.1 Å². The van der Waals surface area contributed by atoms with Crippen LogP contribution in [0.1, 0.15) is 25.0 Å². The van der Waals surface area contributed by atoms with Crippen molar-refractivity contribution >= 4 is 5.69 Å². The molecule has 2 N–H and O–H groups in total. The summed E-state index contributed by atoms with van der Waals surface area (Å²) in [5, 5.41) is 19.8. The number of benzene rings is 2. The Kier molecular flexibility index (Phi) is 6.37. The summed E-state index contributed by atoms with van der Waals surface area (Å²) in [6.07, 6.45) is 0.157. The van der Waals surface area contributed by atoms with E-state index >= 15 is 0 Å². The molecule has 1 saturated heterocycles. The van der Waals surface area contributed by atoms with Gasteiger partial charge in [-0.05, 0) is 37.1 Å². The largest absolute Gasteiger partial charge is 0.494 e. The smallest absolute Gasteiger partial charge is 0.194 e. The Hall–Kier alpha value is -3.12. The molecular formula is C25H31N3O3. The third kappa shape index (κ3) is 5.14. The van der Waals surface area contributed by atoms with Gasteiger partial charge in [-0.2, -0.15) is 0 Å². The minimum Gasteiger partial charge on any atom is -0.494 e. The highest BCUT2D eigenvalue weighted by Gasteiger charge is 2.20. The van der Waals surface area contributed by atoms with E-state index in [1.165, 1.54) is 28.0 Å². The Morgan fingerprint density at radius 2 is 1.45 bits per heavy atom. The highest BCUT2D eigenvalue weighted by molar-refractivity contribution is 5.58. The van der Waals surface area contributed by atoms with Gasteiger partial charge in [-0.25, -0.2) is 0 Å². The van der Waals surface area contributed by atoms with Gasteiger partial charge in [0, 0.05) is 44.9 Å². The van der Waals surface area contributed by atoms with Gasteiger partial charge < -0.3 is 19.8 Å². The van der Waals surface area contributed by atoms with Gasteiger partial charge in [-0.3, -0.25) is 9.47 Å². The molecule has 0 spiro atoms. The van der Waals surface area contributed by atoms with Gasteiger partial charge in [0.05, 0.1) is 18.3 Å². The van der Waals surface area contributed by atoms with E-state index in [2.05, 4.69) is 47.9 Å². The molecule has 1 fully saturated rings. The maximum absolute atomic E-state index is 9.89. The number of piperazine rings is 1. The third-order valence-electron chi connectivity index (χ3n) is 5.61. The number of rotatable bonds is 7. The van der Waals surface area contributed by atoms with E-state index in [0.717, 1.165) is 44.0 Å². The molecule has 4 rings (SSSR count). The molecule has 2 heterocycles. The zero-order valence-corrected chi connectivity index (χ0v) is 18.2. The second-order valence-corrected chi connectivity index (χ2v) is 8.35. The number of nitrogens with zero attached hydrogens (tertiary/aromatic N) is 3. The summed E-state index contributed by atoms with van der Waals surface area (Å²) in [6, 6.07) is 19.6.